The molecule has 94 valence electrons. The molecule has 0 aliphatic rings. The van der Waals surface area contributed by atoms with Crippen LogP contribution in [0.15, 0.2) is 42.5 Å². The summed E-state index contributed by atoms with van der Waals surface area (Å²) in [4.78, 5) is 0. The van der Waals surface area contributed by atoms with Gasteiger partial charge in [0.05, 0.1) is 18.0 Å². The van der Waals surface area contributed by atoms with Crippen molar-refractivity contribution in [2.75, 3.05) is 7.11 Å². The Kier molecular flexibility index (Phi) is 4.34. The normalized spacial score (nSPS) is 10.2. The van der Waals surface area contributed by atoms with E-state index >= 15 is 0 Å². The lowest BCUT2D eigenvalue weighted by atomic mass is 10.2. The van der Waals surface area contributed by atoms with Gasteiger partial charge >= 0.3 is 0 Å². The quantitative estimate of drug-likeness (QED) is 0.744. The highest BCUT2D eigenvalue weighted by atomic mass is 35.5. The topological polar surface area (TPSA) is 18.5 Å². The molecule has 18 heavy (non-hydrogen) atoms. The Morgan fingerprint density at radius 2 is 1.83 bits per heavy atom. The molecule has 0 heterocycles. The molecule has 0 aromatic heterocycles. The lowest BCUT2D eigenvalue weighted by Crippen LogP contribution is -1.91. The zero-order valence-corrected chi connectivity index (χ0v) is 11.3. The molecule has 0 aliphatic carbocycles. The van der Waals surface area contributed by atoms with E-state index in [4.69, 9.17) is 32.7 Å². The van der Waals surface area contributed by atoms with Crippen LogP contribution in [0.25, 0.3) is 0 Å². The van der Waals surface area contributed by atoms with Gasteiger partial charge < -0.3 is 9.47 Å². The van der Waals surface area contributed by atoms with Crippen LogP contribution in [0.1, 0.15) is 5.56 Å². The van der Waals surface area contributed by atoms with E-state index in [1.165, 1.54) is 0 Å². The minimum atomic E-state index is 0.364. The van der Waals surface area contributed by atoms with Crippen LogP contribution in [0.4, 0.5) is 0 Å². The fourth-order valence-electron chi connectivity index (χ4n) is 1.58. The van der Waals surface area contributed by atoms with Gasteiger partial charge in [-0.25, -0.2) is 0 Å². The summed E-state index contributed by atoms with van der Waals surface area (Å²) in [5.74, 6) is 2.41. The fourth-order valence-corrected chi connectivity index (χ4v) is 1.96. The zero-order valence-electron chi connectivity index (χ0n) is 9.82. The van der Waals surface area contributed by atoms with E-state index in [9.17, 15) is 0 Å². The minimum Gasteiger partial charge on any atom is -0.496 e. The van der Waals surface area contributed by atoms with Crippen molar-refractivity contribution in [2.45, 2.75) is 5.88 Å². The predicted molar refractivity (Wildman–Crippen MR) is 74.1 cm³/mol. The number of methoxy groups -OCH3 is 1. The summed E-state index contributed by atoms with van der Waals surface area (Å²) in [5, 5.41) is 0.570. The Bertz CT molecular complexity index is 541. The summed E-state index contributed by atoms with van der Waals surface area (Å²) in [6, 6.07) is 12.8. The van der Waals surface area contributed by atoms with E-state index in [2.05, 4.69) is 0 Å². The van der Waals surface area contributed by atoms with Crippen LogP contribution >= 0.6 is 23.2 Å². The summed E-state index contributed by atoms with van der Waals surface area (Å²) < 4.78 is 10.9. The number of ether oxygens (including phenoxy) is 2. The average Bonchev–Trinajstić information content (AvgIpc) is 2.41. The van der Waals surface area contributed by atoms with E-state index in [1.54, 1.807) is 13.2 Å². The summed E-state index contributed by atoms with van der Waals surface area (Å²) in [5.41, 5.74) is 0.878. The van der Waals surface area contributed by atoms with Crippen molar-refractivity contribution in [1.82, 2.24) is 0 Å². The van der Waals surface area contributed by atoms with Crippen molar-refractivity contribution in [3.63, 3.8) is 0 Å². The molecule has 0 saturated carbocycles. The number of para-hydroxylation sites is 1. The molecular weight excluding hydrogens is 271 g/mol. The van der Waals surface area contributed by atoms with E-state index in [0.717, 1.165) is 11.3 Å². The third-order valence-corrected chi connectivity index (χ3v) is 3.06. The number of rotatable bonds is 4. The summed E-state index contributed by atoms with van der Waals surface area (Å²) in [6.07, 6.45) is 0. The van der Waals surface area contributed by atoms with E-state index < -0.39 is 0 Å². The van der Waals surface area contributed by atoms with Gasteiger partial charge in [0, 0.05) is 5.56 Å². The van der Waals surface area contributed by atoms with E-state index in [0.29, 0.717) is 22.4 Å². The molecule has 0 radical (unpaired) electrons. The number of hydrogen-bond donors (Lipinski definition) is 0. The van der Waals surface area contributed by atoms with Crippen molar-refractivity contribution in [1.29, 1.82) is 0 Å². The molecule has 0 bridgehead atoms. The Hall–Kier alpha value is -1.38. The smallest absolute Gasteiger partial charge is 0.146 e. The molecule has 0 spiro atoms. The minimum absolute atomic E-state index is 0.364. The largest absolute Gasteiger partial charge is 0.496 e. The number of halogens is 2. The van der Waals surface area contributed by atoms with Gasteiger partial charge in [-0.05, 0) is 30.3 Å². The highest BCUT2D eigenvalue weighted by Crippen LogP contribution is 2.32. The third-order valence-electron chi connectivity index (χ3n) is 2.46. The maximum Gasteiger partial charge on any atom is 0.146 e. The monoisotopic (exact) mass is 282 g/mol. The zero-order chi connectivity index (χ0) is 13.0. The molecule has 0 unspecified atom stereocenters. The standard InChI is InChI=1S/C14H12Cl2O2/c1-17-13-7-6-11(8-10(13)9-15)18-14-5-3-2-4-12(14)16/h2-8H,9H2,1H3. The summed E-state index contributed by atoms with van der Waals surface area (Å²) in [6.45, 7) is 0. The highest BCUT2D eigenvalue weighted by Gasteiger charge is 2.06. The van der Waals surface area contributed by atoms with Crippen LogP contribution in [0.3, 0.4) is 0 Å². The molecule has 0 amide bonds. The first-order chi connectivity index (χ1) is 8.74. The lowest BCUT2D eigenvalue weighted by Gasteiger charge is -2.10. The maximum atomic E-state index is 6.03. The Balaban J connectivity index is 2.27. The molecule has 0 N–H and O–H groups in total. The molecule has 2 rings (SSSR count). The molecule has 4 heteroatoms. The summed E-state index contributed by atoms with van der Waals surface area (Å²) >= 11 is 11.9. The SMILES string of the molecule is COc1ccc(Oc2ccccc2Cl)cc1CCl. The molecular formula is C14H12Cl2O2. The predicted octanol–water partition coefficient (Wildman–Crippen LogP) is 4.88. The molecule has 2 nitrogen and oxygen atoms in total. The Morgan fingerprint density at radius 3 is 2.50 bits per heavy atom. The van der Waals surface area contributed by atoms with Gasteiger partial charge in [0.2, 0.25) is 0 Å². The van der Waals surface area contributed by atoms with Gasteiger partial charge in [-0.15, -0.1) is 11.6 Å². The van der Waals surface area contributed by atoms with E-state index in [1.807, 2.05) is 36.4 Å². The first kappa shape index (κ1) is 13.1. The second kappa shape index (κ2) is 5.98. The highest BCUT2D eigenvalue weighted by molar-refractivity contribution is 6.32. The van der Waals surface area contributed by atoms with Gasteiger partial charge in [0.15, 0.2) is 0 Å². The van der Waals surface area contributed by atoms with E-state index in [-0.39, 0.29) is 0 Å². The van der Waals surface area contributed by atoms with Gasteiger partial charge in [0.1, 0.15) is 17.2 Å². The first-order valence-corrected chi connectivity index (χ1v) is 6.31. The Morgan fingerprint density at radius 1 is 1.06 bits per heavy atom. The second-order valence-corrected chi connectivity index (χ2v) is 4.31. The van der Waals surface area contributed by atoms with Crippen LogP contribution in [-0.4, -0.2) is 7.11 Å². The van der Waals surface area contributed by atoms with Gasteiger partial charge in [-0.3, -0.25) is 0 Å². The van der Waals surface area contributed by atoms with Crippen LogP contribution < -0.4 is 9.47 Å². The number of alkyl halides is 1. The number of hydrogen-bond acceptors (Lipinski definition) is 2. The second-order valence-electron chi connectivity index (χ2n) is 3.64. The average molecular weight is 283 g/mol. The maximum absolute atomic E-state index is 6.03. The molecule has 0 fully saturated rings. The summed E-state index contributed by atoms with van der Waals surface area (Å²) in [7, 11) is 1.61. The lowest BCUT2D eigenvalue weighted by molar-refractivity contribution is 0.409. The van der Waals surface area contributed by atoms with Gasteiger partial charge in [-0.1, -0.05) is 23.7 Å². The fraction of sp³-hybridized carbons (Fsp3) is 0.143. The van der Waals surface area contributed by atoms with Crippen LogP contribution in [-0.2, 0) is 5.88 Å². The molecule has 2 aromatic carbocycles. The van der Waals surface area contributed by atoms with Crippen molar-refractivity contribution in [3.05, 3.63) is 53.1 Å². The van der Waals surface area contributed by atoms with Crippen LogP contribution in [0.5, 0.6) is 17.2 Å². The van der Waals surface area contributed by atoms with Crippen LogP contribution in [0.2, 0.25) is 5.02 Å². The van der Waals surface area contributed by atoms with Gasteiger partial charge in [-0.2, -0.15) is 0 Å². The van der Waals surface area contributed by atoms with Crippen molar-refractivity contribution in [3.8, 4) is 17.2 Å². The van der Waals surface area contributed by atoms with Crippen molar-refractivity contribution in [2.24, 2.45) is 0 Å². The third kappa shape index (κ3) is 2.89. The van der Waals surface area contributed by atoms with Crippen molar-refractivity contribution < 1.29 is 9.47 Å². The first-order valence-electron chi connectivity index (χ1n) is 5.40. The Labute approximate surface area is 116 Å². The van der Waals surface area contributed by atoms with Gasteiger partial charge in [0.25, 0.3) is 0 Å². The van der Waals surface area contributed by atoms with Crippen LogP contribution in [0, 0.1) is 0 Å². The molecule has 0 saturated heterocycles. The van der Waals surface area contributed by atoms with Crippen molar-refractivity contribution >= 4 is 23.2 Å². The molecule has 0 atom stereocenters. The molecule has 2 aromatic rings. The molecule has 0 aliphatic heterocycles. The number of benzene rings is 2.